The van der Waals surface area contributed by atoms with Gasteiger partial charge in [-0.3, -0.25) is 4.79 Å². The Hall–Kier alpha value is -3.78. The van der Waals surface area contributed by atoms with Crippen LogP contribution in [0.1, 0.15) is 24.0 Å². The lowest BCUT2D eigenvalue weighted by Gasteiger charge is -2.42. The fourth-order valence-electron chi connectivity index (χ4n) is 4.66. The fraction of sp³-hybridized carbons (Fsp3) is 0.360. The number of hydrogen-bond acceptors (Lipinski definition) is 5. The summed E-state index contributed by atoms with van der Waals surface area (Å²) in [6.07, 6.45) is -1.62. The van der Waals surface area contributed by atoms with Gasteiger partial charge in [-0.15, -0.1) is 4.99 Å². The molecule has 8 nitrogen and oxygen atoms in total. The first-order valence-electron chi connectivity index (χ1n) is 11.7. The van der Waals surface area contributed by atoms with Crippen molar-refractivity contribution in [2.45, 2.75) is 31.2 Å². The van der Waals surface area contributed by atoms with Gasteiger partial charge in [0, 0.05) is 23.6 Å². The number of amides is 1. The van der Waals surface area contributed by atoms with Crippen molar-refractivity contribution >= 4 is 29.2 Å². The number of carbonyl (C=O) groups is 1. The van der Waals surface area contributed by atoms with E-state index in [2.05, 4.69) is 4.99 Å². The first-order valence-corrected chi connectivity index (χ1v) is 12.1. The molecule has 0 N–H and O–H groups in total. The number of hydrazone groups is 1. The van der Waals surface area contributed by atoms with Crippen LogP contribution in [0.4, 0.5) is 13.2 Å². The van der Waals surface area contributed by atoms with Gasteiger partial charge in [0.05, 0.1) is 37.0 Å². The predicted molar refractivity (Wildman–Crippen MR) is 130 cm³/mol. The highest BCUT2D eigenvalue weighted by Gasteiger charge is 2.42. The Morgan fingerprint density at radius 1 is 1.11 bits per heavy atom. The molecule has 2 aromatic rings. The summed E-state index contributed by atoms with van der Waals surface area (Å²) in [4.78, 5) is 20.2. The molecule has 0 bridgehead atoms. The molecule has 0 spiro atoms. The molecule has 3 aliphatic rings. The van der Waals surface area contributed by atoms with Crippen molar-refractivity contribution in [3.63, 3.8) is 0 Å². The highest BCUT2D eigenvalue weighted by atomic mass is 35.5. The highest BCUT2D eigenvalue weighted by Crippen LogP contribution is 2.31. The molecule has 0 saturated carbocycles. The minimum Gasteiger partial charge on any atom is -0.487 e. The quantitative estimate of drug-likeness (QED) is 0.339. The lowest BCUT2D eigenvalue weighted by Crippen LogP contribution is -2.59. The number of ether oxygens (including phenoxy) is 1. The topological polar surface area (TPSA) is 84.5 Å². The number of alkyl halides is 3. The smallest absolute Gasteiger partial charge is 0.416 e. The van der Waals surface area contributed by atoms with E-state index in [9.17, 15) is 23.2 Å². The number of nitriles is 1. The number of benzene rings is 2. The molecule has 0 radical (unpaired) electrons. The van der Waals surface area contributed by atoms with E-state index in [1.165, 1.54) is 12.1 Å². The number of likely N-dealkylation sites (tertiary alicyclic amines) is 2. The fourth-order valence-corrected chi connectivity index (χ4v) is 4.78. The highest BCUT2D eigenvalue weighted by molar-refractivity contribution is 6.30. The first kappa shape index (κ1) is 24.9. The minimum absolute atomic E-state index is 0.0567. The molecule has 3 aliphatic heterocycles. The summed E-state index contributed by atoms with van der Waals surface area (Å²) in [7, 11) is 0. The van der Waals surface area contributed by atoms with Gasteiger partial charge in [0.25, 0.3) is 0 Å². The van der Waals surface area contributed by atoms with Gasteiger partial charge in [-0.1, -0.05) is 23.7 Å². The summed E-state index contributed by atoms with van der Waals surface area (Å²) in [6.45, 7) is 1.71. The van der Waals surface area contributed by atoms with E-state index in [4.69, 9.17) is 21.4 Å². The van der Waals surface area contributed by atoms with Crippen LogP contribution in [0.5, 0.6) is 5.75 Å². The predicted octanol–water partition coefficient (Wildman–Crippen LogP) is 3.97. The molecule has 0 aromatic heterocycles. The zero-order valence-electron chi connectivity index (χ0n) is 19.5. The van der Waals surface area contributed by atoms with Crippen LogP contribution in [0.25, 0.3) is 0 Å². The molecule has 1 atom stereocenters. The Balaban J connectivity index is 1.30. The van der Waals surface area contributed by atoms with Crippen molar-refractivity contribution in [3.8, 4) is 11.9 Å². The molecular weight excluding hydrogens is 509 g/mol. The van der Waals surface area contributed by atoms with E-state index < -0.39 is 11.7 Å². The standard InChI is InChI=1S/C25H22ClF3N6O2/c26-18-7-3-16(4-8-18)23-21(34-11-1-2-22(34)36)14-35(32-23)24(31-15-30)33-12-20(13-33)37-19-9-5-17(6-10-19)25(27,28)29/h3-10,20-21H,1-2,11-14H2. The number of guanidine groups is 1. The van der Waals surface area contributed by atoms with Crippen LogP contribution < -0.4 is 4.74 Å². The maximum absolute atomic E-state index is 12.8. The largest absolute Gasteiger partial charge is 0.487 e. The number of halogens is 4. The third kappa shape index (κ3) is 5.20. The molecule has 5 rings (SSSR count). The van der Waals surface area contributed by atoms with Crippen molar-refractivity contribution in [1.29, 1.82) is 5.26 Å². The maximum atomic E-state index is 12.8. The number of carbonyl (C=O) groups excluding carboxylic acids is 1. The average Bonchev–Trinajstić information content (AvgIpc) is 3.46. The molecule has 2 aromatic carbocycles. The van der Waals surface area contributed by atoms with Crippen LogP contribution >= 0.6 is 11.6 Å². The monoisotopic (exact) mass is 530 g/mol. The average molecular weight is 531 g/mol. The molecule has 12 heteroatoms. The summed E-state index contributed by atoms with van der Waals surface area (Å²) in [5.41, 5.74) is 0.767. The lowest BCUT2D eigenvalue weighted by molar-refractivity contribution is -0.137. The van der Waals surface area contributed by atoms with Crippen LogP contribution in [0, 0.1) is 11.5 Å². The molecule has 192 valence electrons. The van der Waals surface area contributed by atoms with E-state index >= 15 is 0 Å². The van der Waals surface area contributed by atoms with E-state index in [0.29, 0.717) is 55.0 Å². The molecule has 1 amide bonds. The molecule has 2 fully saturated rings. The summed E-state index contributed by atoms with van der Waals surface area (Å²) in [5.74, 6) is 0.713. The van der Waals surface area contributed by atoms with Crippen LogP contribution in [0.2, 0.25) is 5.02 Å². The second kappa shape index (κ2) is 9.94. The Bertz CT molecular complexity index is 1270. The first-order chi connectivity index (χ1) is 17.7. The molecule has 37 heavy (non-hydrogen) atoms. The van der Waals surface area contributed by atoms with E-state index in [1.807, 2.05) is 28.1 Å². The summed E-state index contributed by atoms with van der Waals surface area (Å²) >= 11 is 6.05. The van der Waals surface area contributed by atoms with Crippen LogP contribution in [0.3, 0.4) is 0 Å². The van der Waals surface area contributed by atoms with Crippen molar-refractivity contribution in [2.75, 3.05) is 26.2 Å². The molecule has 3 heterocycles. The molecule has 0 aliphatic carbocycles. The second-order valence-electron chi connectivity index (χ2n) is 8.96. The summed E-state index contributed by atoms with van der Waals surface area (Å²) in [6, 6.07) is 11.4. The van der Waals surface area contributed by atoms with Crippen molar-refractivity contribution in [3.05, 3.63) is 64.7 Å². The summed E-state index contributed by atoms with van der Waals surface area (Å²) < 4.78 is 44.2. The normalized spacial score (nSPS) is 20.7. The van der Waals surface area contributed by atoms with Crippen LogP contribution in [0.15, 0.2) is 58.6 Å². The Morgan fingerprint density at radius 3 is 2.41 bits per heavy atom. The van der Waals surface area contributed by atoms with Crippen molar-refractivity contribution < 1.29 is 22.7 Å². The van der Waals surface area contributed by atoms with Gasteiger partial charge in [-0.2, -0.15) is 23.5 Å². The zero-order chi connectivity index (χ0) is 26.2. The van der Waals surface area contributed by atoms with Crippen molar-refractivity contribution in [2.24, 2.45) is 10.1 Å². The van der Waals surface area contributed by atoms with Gasteiger partial charge < -0.3 is 14.5 Å². The third-order valence-corrected chi connectivity index (χ3v) is 6.76. The van der Waals surface area contributed by atoms with Crippen molar-refractivity contribution in [1.82, 2.24) is 14.8 Å². The number of hydrogen-bond donors (Lipinski definition) is 0. The second-order valence-corrected chi connectivity index (χ2v) is 9.40. The Kier molecular flexibility index (Phi) is 6.69. The number of nitrogens with zero attached hydrogens (tertiary/aromatic N) is 6. The number of rotatable bonds is 4. The minimum atomic E-state index is -4.41. The lowest BCUT2D eigenvalue weighted by atomic mass is 10.0. The van der Waals surface area contributed by atoms with Gasteiger partial charge in [0.1, 0.15) is 11.9 Å². The van der Waals surface area contributed by atoms with Crippen LogP contribution in [-0.2, 0) is 11.0 Å². The van der Waals surface area contributed by atoms with Gasteiger partial charge in [0.2, 0.25) is 18.1 Å². The maximum Gasteiger partial charge on any atom is 0.416 e. The van der Waals surface area contributed by atoms with Gasteiger partial charge in [-0.05, 0) is 42.8 Å². The molecule has 1 unspecified atom stereocenters. The number of aliphatic imine (C=N–C) groups is 1. The Labute approximate surface area is 216 Å². The van der Waals surface area contributed by atoms with Gasteiger partial charge >= 0.3 is 6.18 Å². The zero-order valence-corrected chi connectivity index (χ0v) is 20.3. The van der Waals surface area contributed by atoms with E-state index in [0.717, 1.165) is 24.1 Å². The van der Waals surface area contributed by atoms with E-state index in [-0.39, 0.29) is 18.1 Å². The molecular formula is C25H22ClF3N6O2. The third-order valence-electron chi connectivity index (χ3n) is 6.51. The molecule has 2 saturated heterocycles. The van der Waals surface area contributed by atoms with Gasteiger partial charge in [-0.25, -0.2) is 5.01 Å². The van der Waals surface area contributed by atoms with Gasteiger partial charge in [0.15, 0.2) is 0 Å². The summed E-state index contributed by atoms with van der Waals surface area (Å²) in [5, 5.41) is 16.3. The Morgan fingerprint density at radius 2 is 1.81 bits per heavy atom. The SMILES string of the molecule is N#CN=C(N1CC(Oc2ccc(C(F)(F)F)cc2)C1)N1CC(N2CCCC2=O)C(c2ccc(Cl)cc2)=N1. The van der Waals surface area contributed by atoms with E-state index in [1.54, 1.807) is 17.1 Å². The van der Waals surface area contributed by atoms with Crippen LogP contribution in [-0.4, -0.2) is 70.7 Å².